The zero-order chi connectivity index (χ0) is 13.7. The smallest absolute Gasteiger partial charge is 0.306 e. The predicted molar refractivity (Wildman–Crippen MR) is 72.8 cm³/mol. The molecule has 4 heteroatoms. The first-order valence-electron chi connectivity index (χ1n) is 7.22. The van der Waals surface area contributed by atoms with Crippen molar-refractivity contribution >= 4 is 5.97 Å². The van der Waals surface area contributed by atoms with Crippen LogP contribution in [-0.2, 0) is 4.79 Å². The van der Waals surface area contributed by atoms with Gasteiger partial charge in [-0.15, -0.1) is 0 Å². The lowest BCUT2D eigenvalue weighted by Gasteiger charge is -2.30. The summed E-state index contributed by atoms with van der Waals surface area (Å²) >= 11 is 0. The Labute approximate surface area is 114 Å². The van der Waals surface area contributed by atoms with E-state index in [1.807, 2.05) is 12.1 Å². The van der Waals surface area contributed by atoms with Crippen molar-refractivity contribution < 1.29 is 14.3 Å². The van der Waals surface area contributed by atoms with Crippen molar-refractivity contribution in [3.8, 4) is 0 Å². The quantitative estimate of drug-likeness (QED) is 0.829. The Hall–Kier alpha value is -1.29. The molecule has 1 aliphatic rings. The van der Waals surface area contributed by atoms with Gasteiger partial charge in [0.15, 0.2) is 0 Å². The van der Waals surface area contributed by atoms with Gasteiger partial charge in [-0.05, 0) is 43.9 Å². The van der Waals surface area contributed by atoms with Gasteiger partial charge in [-0.25, -0.2) is 0 Å². The van der Waals surface area contributed by atoms with E-state index >= 15 is 0 Å². The number of aliphatic carboxylic acids is 1. The molecule has 0 bridgehead atoms. The maximum atomic E-state index is 11.3. The molecule has 1 aromatic heterocycles. The Morgan fingerprint density at radius 2 is 2.32 bits per heavy atom. The van der Waals surface area contributed by atoms with Crippen LogP contribution in [0.1, 0.15) is 50.8 Å². The van der Waals surface area contributed by atoms with E-state index in [0.29, 0.717) is 0 Å². The number of carboxylic acid groups (broad SMARTS) is 1. The van der Waals surface area contributed by atoms with Crippen LogP contribution in [0.3, 0.4) is 0 Å². The van der Waals surface area contributed by atoms with Crippen LogP contribution in [0.5, 0.6) is 0 Å². The number of hydrogen-bond donors (Lipinski definition) is 2. The molecule has 1 aliphatic carbocycles. The van der Waals surface area contributed by atoms with Gasteiger partial charge < -0.3 is 14.8 Å². The maximum Gasteiger partial charge on any atom is 0.306 e. The van der Waals surface area contributed by atoms with Gasteiger partial charge >= 0.3 is 5.97 Å². The summed E-state index contributed by atoms with van der Waals surface area (Å²) in [6.45, 7) is 2.87. The number of nitrogens with one attached hydrogen (secondary N) is 1. The van der Waals surface area contributed by atoms with Crippen LogP contribution in [0.4, 0.5) is 0 Å². The molecule has 2 rings (SSSR count). The highest BCUT2D eigenvalue weighted by atomic mass is 16.4. The molecular formula is C15H23NO3. The monoisotopic (exact) mass is 265 g/mol. The fourth-order valence-corrected chi connectivity index (χ4v) is 3.01. The average Bonchev–Trinajstić information content (AvgIpc) is 2.94. The van der Waals surface area contributed by atoms with Crippen LogP contribution in [0.2, 0.25) is 0 Å². The first kappa shape index (κ1) is 14.1. The molecule has 1 saturated carbocycles. The fraction of sp³-hybridized carbons (Fsp3) is 0.667. The Kier molecular flexibility index (Phi) is 5.02. The first-order valence-corrected chi connectivity index (χ1v) is 7.22. The maximum absolute atomic E-state index is 11.3. The molecular weight excluding hydrogens is 242 g/mol. The van der Waals surface area contributed by atoms with E-state index < -0.39 is 5.97 Å². The molecule has 2 N–H and O–H groups in total. The molecule has 0 spiro atoms. The second-order valence-corrected chi connectivity index (χ2v) is 5.37. The van der Waals surface area contributed by atoms with Crippen molar-refractivity contribution in [2.24, 2.45) is 11.8 Å². The minimum absolute atomic E-state index is 0.185. The van der Waals surface area contributed by atoms with Gasteiger partial charge in [0, 0.05) is 0 Å². The van der Waals surface area contributed by atoms with E-state index in [2.05, 4.69) is 12.2 Å². The third kappa shape index (κ3) is 3.60. The van der Waals surface area contributed by atoms with Crippen LogP contribution < -0.4 is 5.32 Å². The average molecular weight is 265 g/mol. The lowest BCUT2D eigenvalue weighted by Crippen LogP contribution is -2.36. The van der Waals surface area contributed by atoms with Gasteiger partial charge in [-0.2, -0.15) is 0 Å². The van der Waals surface area contributed by atoms with Crippen LogP contribution in [0, 0.1) is 11.8 Å². The SMILES string of the molecule is CCC(NCC1CCCCC1C(=O)O)c1ccco1. The van der Waals surface area contributed by atoms with Gasteiger partial charge in [-0.1, -0.05) is 19.8 Å². The number of furan rings is 1. The molecule has 0 saturated heterocycles. The van der Waals surface area contributed by atoms with Crippen LogP contribution in [0.15, 0.2) is 22.8 Å². The van der Waals surface area contributed by atoms with Crippen LogP contribution >= 0.6 is 0 Å². The van der Waals surface area contributed by atoms with E-state index in [0.717, 1.165) is 44.4 Å². The van der Waals surface area contributed by atoms with Crippen molar-refractivity contribution in [1.29, 1.82) is 0 Å². The first-order chi connectivity index (χ1) is 9.22. The van der Waals surface area contributed by atoms with Gasteiger partial charge in [-0.3, -0.25) is 4.79 Å². The number of carbonyl (C=O) groups is 1. The highest BCUT2D eigenvalue weighted by molar-refractivity contribution is 5.70. The number of hydrogen-bond acceptors (Lipinski definition) is 3. The summed E-state index contributed by atoms with van der Waals surface area (Å²) in [4.78, 5) is 11.3. The molecule has 0 radical (unpaired) electrons. The lowest BCUT2D eigenvalue weighted by molar-refractivity contribution is -0.144. The summed E-state index contributed by atoms with van der Waals surface area (Å²) in [7, 11) is 0. The standard InChI is InChI=1S/C15H23NO3/c1-2-13(14-8-5-9-19-14)16-10-11-6-3-4-7-12(11)15(17)18/h5,8-9,11-13,16H,2-4,6-7,10H2,1H3,(H,17,18). The third-order valence-corrected chi connectivity index (χ3v) is 4.15. The highest BCUT2D eigenvalue weighted by Gasteiger charge is 2.31. The normalized spacial score (nSPS) is 25.1. The third-order valence-electron chi connectivity index (χ3n) is 4.15. The zero-order valence-electron chi connectivity index (χ0n) is 11.5. The van der Waals surface area contributed by atoms with Crippen LogP contribution in [0.25, 0.3) is 0 Å². The molecule has 3 unspecified atom stereocenters. The van der Waals surface area contributed by atoms with E-state index in [-0.39, 0.29) is 17.9 Å². The minimum atomic E-state index is -0.641. The molecule has 0 amide bonds. The van der Waals surface area contributed by atoms with Crippen LogP contribution in [-0.4, -0.2) is 17.6 Å². The molecule has 4 nitrogen and oxygen atoms in total. The highest BCUT2D eigenvalue weighted by Crippen LogP contribution is 2.30. The summed E-state index contributed by atoms with van der Waals surface area (Å²) in [6, 6.07) is 4.04. The Morgan fingerprint density at radius 3 is 2.95 bits per heavy atom. The minimum Gasteiger partial charge on any atom is -0.481 e. The van der Waals surface area contributed by atoms with Crippen molar-refractivity contribution in [2.45, 2.75) is 45.1 Å². The van der Waals surface area contributed by atoms with E-state index in [1.54, 1.807) is 6.26 Å². The summed E-state index contributed by atoms with van der Waals surface area (Å²) in [5, 5.41) is 12.7. The van der Waals surface area contributed by atoms with E-state index in [4.69, 9.17) is 4.42 Å². The zero-order valence-corrected chi connectivity index (χ0v) is 11.5. The van der Waals surface area contributed by atoms with Gasteiger partial charge in [0.2, 0.25) is 0 Å². The topological polar surface area (TPSA) is 62.5 Å². The molecule has 1 fully saturated rings. The van der Waals surface area contributed by atoms with Crippen molar-refractivity contribution in [3.05, 3.63) is 24.2 Å². The summed E-state index contributed by atoms with van der Waals surface area (Å²) in [6.07, 6.45) is 6.65. The predicted octanol–water partition coefficient (Wildman–Crippen LogP) is 3.21. The van der Waals surface area contributed by atoms with E-state index in [1.165, 1.54) is 0 Å². The second-order valence-electron chi connectivity index (χ2n) is 5.37. The number of rotatable bonds is 6. The van der Waals surface area contributed by atoms with Crippen molar-refractivity contribution in [1.82, 2.24) is 5.32 Å². The molecule has 1 heterocycles. The Morgan fingerprint density at radius 1 is 1.53 bits per heavy atom. The summed E-state index contributed by atoms with van der Waals surface area (Å²) < 4.78 is 5.42. The van der Waals surface area contributed by atoms with Crippen molar-refractivity contribution in [3.63, 3.8) is 0 Å². The Bertz CT molecular complexity index is 388. The van der Waals surface area contributed by atoms with Crippen molar-refractivity contribution in [2.75, 3.05) is 6.54 Å². The number of carboxylic acids is 1. The van der Waals surface area contributed by atoms with E-state index in [9.17, 15) is 9.90 Å². The largest absolute Gasteiger partial charge is 0.481 e. The summed E-state index contributed by atoms with van der Waals surface area (Å²) in [5.74, 6) is 0.355. The molecule has 106 valence electrons. The molecule has 3 atom stereocenters. The summed E-state index contributed by atoms with van der Waals surface area (Å²) in [5.41, 5.74) is 0. The van der Waals surface area contributed by atoms with Gasteiger partial charge in [0.1, 0.15) is 5.76 Å². The van der Waals surface area contributed by atoms with Gasteiger partial charge in [0.05, 0.1) is 18.2 Å². The Balaban J connectivity index is 1.90. The molecule has 0 aliphatic heterocycles. The van der Waals surface area contributed by atoms with Gasteiger partial charge in [0.25, 0.3) is 0 Å². The molecule has 19 heavy (non-hydrogen) atoms. The second kappa shape index (κ2) is 6.75. The molecule has 0 aromatic carbocycles. The fourth-order valence-electron chi connectivity index (χ4n) is 3.01. The molecule has 1 aromatic rings. The lowest BCUT2D eigenvalue weighted by atomic mass is 9.79.